The number of urea groups is 1. The van der Waals surface area contributed by atoms with Crippen molar-refractivity contribution in [2.75, 3.05) is 23.0 Å². The number of nitrogens with one attached hydrogen (secondary N) is 1. The third kappa shape index (κ3) is 3.62. The summed E-state index contributed by atoms with van der Waals surface area (Å²) < 4.78 is 5.92. The van der Waals surface area contributed by atoms with Gasteiger partial charge < -0.3 is 10.1 Å². The van der Waals surface area contributed by atoms with Gasteiger partial charge in [0.1, 0.15) is 11.9 Å². The summed E-state index contributed by atoms with van der Waals surface area (Å²) in [6.07, 6.45) is 2.81. The number of benzene rings is 2. The van der Waals surface area contributed by atoms with Crippen LogP contribution < -0.4 is 15.0 Å². The number of carbonyl (C=O) groups excluding carboxylic acids is 1. The van der Waals surface area contributed by atoms with E-state index in [1.807, 2.05) is 43.5 Å². The summed E-state index contributed by atoms with van der Waals surface area (Å²) in [4.78, 5) is 15.6. The number of anilines is 2. The van der Waals surface area contributed by atoms with Gasteiger partial charge in [-0.2, -0.15) is 0 Å². The smallest absolute Gasteiger partial charge is 0.326 e. The normalized spacial score (nSPS) is 16.3. The lowest BCUT2D eigenvalue weighted by atomic mass is 10.1. The van der Waals surface area contributed by atoms with Gasteiger partial charge in [0.15, 0.2) is 0 Å². The van der Waals surface area contributed by atoms with E-state index in [0.29, 0.717) is 23.0 Å². The van der Waals surface area contributed by atoms with E-state index in [9.17, 15) is 4.79 Å². The summed E-state index contributed by atoms with van der Waals surface area (Å²) >= 11 is 7.74. The van der Waals surface area contributed by atoms with Crippen LogP contribution in [-0.2, 0) is 0 Å². The Balaban J connectivity index is 1.87. The second-order valence-corrected chi connectivity index (χ2v) is 6.85. The van der Waals surface area contributed by atoms with Gasteiger partial charge in [0, 0.05) is 15.6 Å². The van der Waals surface area contributed by atoms with Crippen LogP contribution in [0.1, 0.15) is 13.3 Å². The molecule has 4 nitrogen and oxygen atoms in total. The summed E-state index contributed by atoms with van der Waals surface area (Å²) in [5.41, 5.74) is 1.47. The second-order valence-electron chi connectivity index (χ2n) is 5.53. The molecule has 0 aromatic heterocycles. The van der Waals surface area contributed by atoms with Gasteiger partial charge >= 0.3 is 6.03 Å². The average molecular weight is 363 g/mol. The van der Waals surface area contributed by atoms with Gasteiger partial charge in [0.25, 0.3) is 0 Å². The molecule has 2 aromatic rings. The molecule has 1 heterocycles. The topological polar surface area (TPSA) is 41.6 Å². The first-order valence-corrected chi connectivity index (χ1v) is 9.39. The molecule has 0 spiro atoms. The van der Waals surface area contributed by atoms with Crippen molar-refractivity contribution in [2.45, 2.75) is 24.3 Å². The van der Waals surface area contributed by atoms with Gasteiger partial charge in [-0.05, 0) is 49.1 Å². The fourth-order valence-corrected chi connectivity index (χ4v) is 3.24. The maximum atomic E-state index is 12.8. The molecular formula is C18H19ClN2O2S. The zero-order chi connectivity index (χ0) is 17.1. The molecule has 2 aromatic carbocycles. The van der Waals surface area contributed by atoms with Crippen molar-refractivity contribution in [2.24, 2.45) is 0 Å². The van der Waals surface area contributed by atoms with Crippen LogP contribution in [0.15, 0.2) is 47.4 Å². The van der Waals surface area contributed by atoms with Crippen molar-refractivity contribution in [1.82, 2.24) is 0 Å². The predicted octanol–water partition coefficient (Wildman–Crippen LogP) is 5.27. The molecule has 0 saturated carbocycles. The molecule has 24 heavy (non-hydrogen) atoms. The zero-order valence-electron chi connectivity index (χ0n) is 13.6. The molecule has 126 valence electrons. The minimum atomic E-state index is -0.182. The highest BCUT2D eigenvalue weighted by molar-refractivity contribution is 7.98. The van der Waals surface area contributed by atoms with E-state index in [1.54, 1.807) is 28.8 Å². The minimum Gasteiger partial charge on any atom is -0.486 e. The Morgan fingerprint density at radius 3 is 2.96 bits per heavy atom. The van der Waals surface area contributed by atoms with Gasteiger partial charge in [0.2, 0.25) is 0 Å². The number of hydrogen-bond donors (Lipinski definition) is 1. The van der Waals surface area contributed by atoms with Crippen LogP contribution in [0, 0.1) is 0 Å². The molecule has 0 bridgehead atoms. The number of amides is 2. The zero-order valence-corrected chi connectivity index (χ0v) is 15.2. The number of hydrogen-bond acceptors (Lipinski definition) is 3. The molecule has 0 aliphatic carbocycles. The van der Waals surface area contributed by atoms with Crippen molar-refractivity contribution < 1.29 is 9.53 Å². The van der Waals surface area contributed by atoms with Crippen LogP contribution in [0.5, 0.6) is 5.75 Å². The van der Waals surface area contributed by atoms with E-state index >= 15 is 0 Å². The summed E-state index contributed by atoms with van der Waals surface area (Å²) in [7, 11) is 0. The fourth-order valence-electron chi connectivity index (χ4n) is 2.62. The van der Waals surface area contributed by atoms with Crippen molar-refractivity contribution in [1.29, 1.82) is 0 Å². The van der Waals surface area contributed by atoms with Gasteiger partial charge in [-0.1, -0.05) is 24.6 Å². The summed E-state index contributed by atoms with van der Waals surface area (Å²) in [5.74, 6) is 0.686. The number of carbonyl (C=O) groups is 1. The lowest BCUT2D eigenvalue weighted by Crippen LogP contribution is -2.45. The molecule has 3 rings (SSSR count). The Morgan fingerprint density at radius 1 is 1.38 bits per heavy atom. The molecule has 0 radical (unpaired) electrons. The standard InChI is InChI=1S/C18H19ClN2O2S/c1-3-14-11-21(16-9-12(19)7-8-17(16)23-14)18(22)20-13-5-4-6-15(10-13)24-2/h4-10,14H,3,11H2,1-2H3,(H,20,22). The highest BCUT2D eigenvalue weighted by atomic mass is 35.5. The number of fused-ring (bicyclic) bond motifs is 1. The lowest BCUT2D eigenvalue weighted by Gasteiger charge is -2.34. The first-order valence-electron chi connectivity index (χ1n) is 7.79. The summed E-state index contributed by atoms with van der Waals surface area (Å²) in [5, 5.41) is 3.54. The molecule has 0 fully saturated rings. The SMILES string of the molecule is CCC1CN(C(=O)Nc2cccc(SC)c2)c2cc(Cl)ccc2O1. The number of nitrogens with zero attached hydrogens (tertiary/aromatic N) is 1. The Labute approximate surface area is 151 Å². The van der Waals surface area contributed by atoms with Gasteiger partial charge in [0.05, 0.1) is 12.2 Å². The molecule has 6 heteroatoms. The highest BCUT2D eigenvalue weighted by Gasteiger charge is 2.29. The van der Waals surface area contributed by atoms with E-state index in [4.69, 9.17) is 16.3 Å². The van der Waals surface area contributed by atoms with Crippen LogP contribution in [0.3, 0.4) is 0 Å². The molecule has 1 N–H and O–H groups in total. The van der Waals surface area contributed by atoms with E-state index in [2.05, 4.69) is 5.32 Å². The van der Waals surface area contributed by atoms with E-state index in [1.165, 1.54) is 0 Å². The molecule has 1 aliphatic rings. The van der Waals surface area contributed by atoms with Crippen molar-refractivity contribution >= 4 is 40.8 Å². The van der Waals surface area contributed by atoms with Crippen LogP contribution in [0.2, 0.25) is 5.02 Å². The first kappa shape index (κ1) is 17.0. The van der Waals surface area contributed by atoms with Crippen LogP contribution >= 0.6 is 23.4 Å². The number of ether oxygens (including phenoxy) is 1. The lowest BCUT2D eigenvalue weighted by molar-refractivity contribution is 0.188. The molecular weight excluding hydrogens is 344 g/mol. The largest absolute Gasteiger partial charge is 0.486 e. The molecule has 0 saturated heterocycles. The third-order valence-corrected chi connectivity index (χ3v) is 4.87. The number of rotatable bonds is 3. The van der Waals surface area contributed by atoms with Gasteiger partial charge in [-0.25, -0.2) is 4.79 Å². The predicted molar refractivity (Wildman–Crippen MR) is 101 cm³/mol. The van der Waals surface area contributed by atoms with E-state index < -0.39 is 0 Å². The Kier molecular flexibility index (Phi) is 5.21. The Bertz CT molecular complexity index is 754. The maximum absolute atomic E-state index is 12.8. The van der Waals surface area contributed by atoms with Gasteiger partial charge in [-0.3, -0.25) is 4.90 Å². The van der Waals surface area contributed by atoms with Crippen LogP contribution in [0.25, 0.3) is 0 Å². The molecule has 1 aliphatic heterocycles. The molecule has 1 unspecified atom stereocenters. The van der Waals surface area contributed by atoms with Crippen molar-refractivity contribution in [3.8, 4) is 5.75 Å². The molecule has 2 amide bonds. The number of thioether (sulfide) groups is 1. The maximum Gasteiger partial charge on any atom is 0.326 e. The van der Waals surface area contributed by atoms with E-state index in [0.717, 1.165) is 17.0 Å². The Morgan fingerprint density at radius 2 is 2.21 bits per heavy atom. The summed E-state index contributed by atoms with van der Waals surface area (Å²) in [6.45, 7) is 2.54. The van der Waals surface area contributed by atoms with Gasteiger partial charge in [-0.15, -0.1) is 11.8 Å². The third-order valence-electron chi connectivity index (χ3n) is 3.91. The Hall–Kier alpha value is -1.85. The number of halogens is 1. The quantitative estimate of drug-likeness (QED) is 0.756. The average Bonchev–Trinajstić information content (AvgIpc) is 2.60. The van der Waals surface area contributed by atoms with E-state index in [-0.39, 0.29) is 12.1 Å². The monoisotopic (exact) mass is 362 g/mol. The fraction of sp³-hybridized carbons (Fsp3) is 0.278. The highest BCUT2D eigenvalue weighted by Crippen LogP contribution is 2.36. The van der Waals surface area contributed by atoms with Crippen LogP contribution in [-0.4, -0.2) is 24.9 Å². The van der Waals surface area contributed by atoms with Crippen molar-refractivity contribution in [3.63, 3.8) is 0 Å². The minimum absolute atomic E-state index is 0.0260. The first-order chi connectivity index (χ1) is 11.6. The molecule has 1 atom stereocenters. The second kappa shape index (κ2) is 7.36. The summed E-state index contributed by atoms with van der Waals surface area (Å²) in [6, 6.07) is 13.0. The van der Waals surface area contributed by atoms with Crippen molar-refractivity contribution in [3.05, 3.63) is 47.5 Å². The van der Waals surface area contributed by atoms with Crippen LogP contribution in [0.4, 0.5) is 16.2 Å².